The number of nitrogens with one attached hydrogen (secondary N) is 2. The van der Waals surface area contributed by atoms with E-state index in [0.29, 0.717) is 43.9 Å². The minimum atomic E-state index is -0.653. The number of ether oxygens (including phenoxy) is 1. The van der Waals surface area contributed by atoms with E-state index < -0.39 is 5.91 Å². The summed E-state index contributed by atoms with van der Waals surface area (Å²) >= 11 is 5.86. The number of fused-ring (bicyclic) bond motifs is 1. The molecule has 37 heavy (non-hydrogen) atoms. The quantitative estimate of drug-likeness (QED) is 0.517. The Bertz CT molecular complexity index is 1390. The van der Waals surface area contributed by atoms with Gasteiger partial charge in [0.2, 0.25) is 17.6 Å². The van der Waals surface area contributed by atoms with Gasteiger partial charge in [-0.15, -0.1) is 0 Å². The first-order valence-electron chi connectivity index (χ1n) is 11.9. The van der Waals surface area contributed by atoms with Crippen LogP contribution in [0.1, 0.15) is 41.9 Å². The molecule has 0 unspecified atom stereocenters. The van der Waals surface area contributed by atoms with Crippen molar-refractivity contribution in [2.45, 2.75) is 31.7 Å². The van der Waals surface area contributed by atoms with Gasteiger partial charge in [0, 0.05) is 30.9 Å². The highest BCUT2D eigenvalue weighted by Gasteiger charge is 2.34. The van der Waals surface area contributed by atoms with Crippen molar-refractivity contribution in [1.82, 2.24) is 14.9 Å². The summed E-state index contributed by atoms with van der Waals surface area (Å²) in [5, 5.41) is 15.7. The van der Waals surface area contributed by atoms with Crippen LogP contribution >= 0.6 is 11.6 Å². The van der Waals surface area contributed by atoms with Gasteiger partial charge in [0.1, 0.15) is 29.8 Å². The van der Waals surface area contributed by atoms with Crippen LogP contribution < -0.4 is 10.6 Å². The number of amides is 3. The Balaban J connectivity index is 1.36. The van der Waals surface area contributed by atoms with Crippen molar-refractivity contribution in [2.75, 3.05) is 30.4 Å². The lowest BCUT2D eigenvalue weighted by Crippen LogP contribution is -2.49. The molecular formula is C25H23ClN6O5. The molecule has 190 valence electrons. The Labute approximate surface area is 216 Å². The third-order valence-corrected chi connectivity index (χ3v) is 6.89. The molecule has 0 radical (unpaired) electrons. The fourth-order valence-corrected chi connectivity index (χ4v) is 4.93. The molecule has 2 aliphatic rings. The number of aromatic nitrogens is 2. The van der Waals surface area contributed by atoms with E-state index in [1.54, 1.807) is 6.07 Å². The van der Waals surface area contributed by atoms with Crippen molar-refractivity contribution in [3.63, 3.8) is 0 Å². The average molecular weight is 523 g/mol. The van der Waals surface area contributed by atoms with Crippen molar-refractivity contribution in [1.29, 1.82) is 5.26 Å². The van der Waals surface area contributed by atoms with Gasteiger partial charge in [-0.25, -0.2) is 9.97 Å². The van der Waals surface area contributed by atoms with E-state index in [1.165, 1.54) is 24.5 Å². The second-order valence-corrected chi connectivity index (χ2v) is 9.34. The predicted molar refractivity (Wildman–Crippen MR) is 133 cm³/mol. The van der Waals surface area contributed by atoms with Crippen LogP contribution in [0.3, 0.4) is 0 Å². The summed E-state index contributed by atoms with van der Waals surface area (Å²) in [5.74, 6) is -1.22. The maximum absolute atomic E-state index is 13.3. The minimum absolute atomic E-state index is 0.0219. The summed E-state index contributed by atoms with van der Waals surface area (Å²) in [7, 11) is 0. The van der Waals surface area contributed by atoms with Crippen LogP contribution in [0.4, 0.5) is 11.5 Å². The fourth-order valence-electron chi connectivity index (χ4n) is 4.82. The zero-order valence-corrected chi connectivity index (χ0v) is 20.5. The molecule has 0 bridgehead atoms. The Hall–Kier alpha value is -4.01. The number of pyridine rings is 2. The number of carbonyl (C=O) groups excluding carboxylic acids is 3. The minimum Gasteiger partial charge on any atom is -0.448 e. The molecule has 3 aromatic heterocycles. The summed E-state index contributed by atoms with van der Waals surface area (Å²) in [6.45, 7) is 1.18. The Morgan fingerprint density at radius 3 is 2.65 bits per heavy atom. The molecule has 4 heterocycles. The van der Waals surface area contributed by atoms with Gasteiger partial charge >= 0.3 is 0 Å². The number of hydrogen-bond acceptors (Lipinski definition) is 8. The molecule has 1 saturated carbocycles. The molecule has 1 saturated heterocycles. The van der Waals surface area contributed by atoms with Gasteiger partial charge in [0.15, 0.2) is 5.69 Å². The second kappa shape index (κ2) is 10.5. The molecule has 12 heteroatoms. The molecule has 0 aromatic carbocycles. The molecule has 3 aromatic rings. The maximum atomic E-state index is 13.3. The highest BCUT2D eigenvalue weighted by Crippen LogP contribution is 2.35. The standard InChI is InChI=1S/C25H23ClN6O5/c26-15-3-6-19(29-12-15)30-25(35)23-22(21-17(11-27)28-8-7-18(21)37-23)31-24(34)14-1-4-16(5-2-14)32-9-10-36-13-20(32)33/h3,6-8,12,14,16H,1-2,4-5,9-10,13H2,(H,31,34)(H,29,30,35)/t14-,16-. The lowest BCUT2D eigenvalue weighted by molar-refractivity contribution is -0.146. The van der Waals surface area contributed by atoms with Crippen LogP contribution in [0.25, 0.3) is 11.0 Å². The van der Waals surface area contributed by atoms with Gasteiger partial charge in [0.25, 0.3) is 5.91 Å². The van der Waals surface area contributed by atoms with Crippen LogP contribution in [0.15, 0.2) is 35.0 Å². The highest BCUT2D eigenvalue weighted by molar-refractivity contribution is 6.30. The Kier molecular flexibility index (Phi) is 7.03. The van der Waals surface area contributed by atoms with E-state index in [2.05, 4.69) is 20.6 Å². The van der Waals surface area contributed by atoms with Gasteiger partial charge in [-0.05, 0) is 43.9 Å². The molecule has 11 nitrogen and oxygen atoms in total. The smallest absolute Gasteiger partial charge is 0.294 e. The van der Waals surface area contributed by atoms with Gasteiger partial charge in [-0.2, -0.15) is 5.26 Å². The number of morpholine rings is 1. The molecular weight excluding hydrogens is 500 g/mol. The third-order valence-electron chi connectivity index (χ3n) is 6.66. The summed E-state index contributed by atoms with van der Waals surface area (Å²) in [5.41, 5.74) is 0.349. The van der Waals surface area contributed by atoms with Crippen molar-refractivity contribution in [3.8, 4) is 6.07 Å². The Morgan fingerprint density at radius 1 is 1.14 bits per heavy atom. The zero-order valence-electron chi connectivity index (χ0n) is 19.7. The van der Waals surface area contributed by atoms with Crippen molar-refractivity contribution in [3.05, 3.63) is 47.1 Å². The summed E-state index contributed by atoms with van der Waals surface area (Å²) in [6, 6.07) is 6.69. The summed E-state index contributed by atoms with van der Waals surface area (Å²) in [6.07, 6.45) is 5.32. The van der Waals surface area contributed by atoms with Gasteiger partial charge in [-0.3, -0.25) is 14.4 Å². The molecule has 0 atom stereocenters. The van der Waals surface area contributed by atoms with Crippen LogP contribution in [0, 0.1) is 17.2 Å². The van der Waals surface area contributed by atoms with Gasteiger partial charge < -0.3 is 24.7 Å². The molecule has 1 aliphatic heterocycles. The monoisotopic (exact) mass is 522 g/mol. The lowest BCUT2D eigenvalue weighted by atomic mass is 9.84. The van der Waals surface area contributed by atoms with E-state index in [4.69, 9.17) is 20.8 Å². The second-order valence-electron chi connectivity index (χ2n) is 8.90. The number of anilines is 2. The topological polar surface area (TPSA) is 150 Å². The highest BCUT2D eigenvalue weighted by atomic mass is 35.5. The zero-order chi connectivity index (χ0) is 25.9. The van der Waals surface area contributed by atoms with E-state index in [1.807, 2.05) is 11.0 Å². The van der Waals surface area contributed by atoms with Crippen molar-refractivity contribution in [2.24, 2.45) is 5.92 Å². The largest absolute Gasteiger partial charge is 0.448 e. The first-order valence-corrected chi connectivity index (χ1v) is 12.2. The third kappa shape index (κ3) is 5.12. The van der Waals surface area contributed by atoms with Crippen LogP contribution in [-0.2, 0) is 14.3 Å². The Morgan fingerprint density at radius 2 is 1.95 bits per heavy atom. The number of rotatable bonds is 5. The number of carbonyl (C=O) groups is 3. The summed E-state index contributed by atoms with van der Waals surface area (Å²) in [4.78, 5) is 48.6. The van der Waals surface area contributed by atoms with Crippen molar-refractivity contribution < 1.29 is 23.5 Å². The van der Waals surface area contributed by atoms with Crippen LogP contribution in [0.5, 0.6) is 0 Å². The number of nitrogens with zero attached hydrogens (tertiary/aromatic N) is 4. The van der Waals surface area contributed by atoms with E-state index >= 15 is 0 Å². The van der Waals surface area contributed by atoms with Crippen LogP contribution in [-0.4, -0.2) is 58.4 Å². The normalized spacial score (nSPS) is 19.9. The number of halogens is 1. The van der Waals surface area contributed by atoms with E-state index in [-0.39, 0.29) is 64.3 Å². The fraction of sp³-hybridized carbons (Fsp3) is 0.360. The first-order chi connectivity index (χ1) is 17.9. The van der Waals surface area contributed by atoms with E-state index in [9.17, 15) is 19.6 Å². The lowest BCUT2D eigenvalue weighted by Gasteiger charge is -2.38. The molecule has 0 spiro atoms. The first kappa shape index (κ1) is 24.7. The SMILES string of the molecule is N#Cc1nccc2oc(C(=O)Nc3ccc(Cl)cn3)c(NC(=O)[C@H]3CC[C@H](N4CCOCC4=O)CC3)c12. The number of furan rings is 1. The molecule has 2 fully saturated rings. The summed E-state index contributed by atoms with van der Waals surface area (Å²) < 4.78 is 11.0. The van der Waals surface area contributed by atoms with Gasteiger partial charge in [0.05, 0.1) is 17.0 Å². The number of nitriles is 1. The maximum Gasteiger partial charge on any atom is 0.294 e. The molecule has 3 amide bonds. The number of hydrogen-bond donors (Lipinski definition) is 2. The van der Waals surface area contributed by atoms with Crippen LogP contribution in [0.2, 0.25) is 5.02 Å². The molecule has 2 N–H and O–H groups in total. The van der Waals surface area contributed by atoms with Crippen molar-refractivity contribution >= 4 is 51.8 Å². The average Bonchev–Trinajstić information content (AvgIpc) is 3.29. The van der Waals surface area contributed by atoms with E-state index in [0.717, 1.165) is 0 Å². The predicted octanol–water partition coefficient (Wildman–Crippen LogP) is 3.36. The molecule has 1 aliphatic carbocycles. The van der Waals surface area contributed by atoms with Gasteiger partial charge in [-0.1, -0.05) is 11.6 Å². The molecule has 5 rings (SSSR count).